The van der Waals surface area contributed by atoms with Crippen LogP contribution in [0.1, 0.15) is 31.0 Å². The zero-order valence-electron chi connectivity index (χ0n) is 9.80. The number of amides is 1. The summed E-state index contributed by atoms with van der Waals surface area (Å²) in [5, 5.41) is 3.33. The SMILES string of the molecule is O=C1CNC(c2ccccn2)C2CCCCN12. The average molecular weight is 231 g/mol. The van der Waals surface area contributed by atoms with E-state index in [1.165, 1.54) is 6.42 Å². The molecule has 2 aliphatic heterocycles. The lowest BCUT2D eigenvalue weighted by atomic mass is 9.91. The van der Waals surface area contributed by atoms with Crippen LogP contribution < -0.4 is 5.32 Å². The van der Waals surface area contributed by atoms with Crippen LogP contribution in [-0.4, -0.2) is 34.9 Å². The Morgan fingerprint density at radius 1 is 1.35 bits per heavy atom. The molecule has 2 unspecified atom stereocenters. The summed E-state index contributed by atoms with van der Waals surface area (Å²) in [4.78, 5) is 18.3. The predicted molar refractivity (Wildman–Crippen MR) is 64.3 cm³/mol. The minimum Gasteiger partial charge on any atom is -0.337 e. The molecule has 3 heterocycles. The second-order valence-corrected chi connectivity index (χ2v) is 4.76. The van der Waals surface area contributed by atoms with E-state index in [-0.39, 0.29) is 11.9 Å². The number of hydrogen-bond acceptors (Lipinski definition) is 3. The van der Waals surface area contributed by atoms with Crippen LogP contribution in [0.4, 0.5) is 0 Å². The highest BCUT2D eigenvalue weighted by Gasteiger charge is 2.37. The summed E-state index contributed by atoms with van der Waals surface area (Å²) in [6.07, 6.45) is 5.25. The maximum absolute atomic E-state index is 11.8. The van der Waals surface area contributed by atoms with E-state index in [0.717, 1.165) is 25.1 Å². The Hall–Kier alpha value is -1.42. The third-order valence-corrected chi connectivity index (χ3v) is 3.73. The zero-order valence-corrected chi connectivity index (χ0v) is 9.80. The van der Waals surface area contributed by atoms with Crippen LogP contribution in [-0.2, 0) is 4.79 Å². The molecule has 0 spiro atoms. The topological polar surface area (TPSA) is 45.2 Å². The second kappa shape index (κ2) is 4.45. The van der Waals surface area contributed by atoms with Crippen LogP contribution in [0.3, 0.4) is 0 Å². The molecular weight excluding hydrogens is 214 g/mol. The number of carbonyl (C=O) groups is 1. The summed E-state index contributed by atoms with van der Waals surface area (Å²) in [7, 11) is 0. The van der Waals surface area contributed by atoms with Crippen LogP contribution in [0.5, 0.6) is 0 Å². The molecule has 0 aromatic carbocycles. The summed E-state index contributed by atoms with van der Waals surface area (Å²) in [5.41, 5.74) is 1.05. The van der Waals surface area contributed by atoms with Crippen molar-refractivity contribution in [1.29, 1.82) is 0 Å². The molecule has 2 fully saturated rings. The molecule has 17 heavy (non-hydrogen) atoms. The summed E-state index contributed by atoms with van der Waals surface area (Å²) < 4.78 is 0. The van der Waals surface area contributed by atoms with Gasteiger partial charge in [0.1, 0.15) is 0 Å². The fourth-order valence-electron chi connectivity index (χ4n) is 2.91. The van der Waals surface area contributed by atoms with E-state index < -0.39 is 0 Å². The molecule has 90 valence electrons. The van der Waals surface area contributed by atoms with Crippen LogP contribution >= 0.6 is 0 Å². The van der Waals surface area contributed by atoms with E-state index in [2.05, 4.69) is 10.3 Å². The number of rotatable bonds is 1. The third-order valence-electron chi connectivity index (χ3n) is 3.73. The van der Waals surface area contributed by atoms with Gasteiger partial charge < -0.3 is 4.90 Å². The van der Waals surface area contributed by atoms with Gasteiger partial charge >= 0.3 is 0 Å². The van der Waals surface area contributed by atoms with Crippen LogP contribution in [0.2, 0.25) is 0 Å². The van der Waals surface area contributed by atoms with E-state index in [9.17, 15) is 4.79 Å². The first-order chi connectivity index (χ1) is 8.36. The van der Waals surface area contributed by atoms with Crippen molar-refractivity contribution in [2.24, 2.45) is 0 Å². The fourth-order valence-corrected chi connectivity index (χ4v) is 2.91. The first-order valence-electron chi connectivity index (χ1n) is 6.30. The predicted octanol–water partition coefficient (Wildman–Crippen LogP) is 1.11. The van der Waals surface area contributed by atoms with Gasteiger partial charge in [0.25, 0.3) is 0 Å². The molecule has 0 radical (unpaired) electrons. The minimum atomic E-state index is 0.203. The Morgan fingerprint density at radius 3 is 3.12 bits per heavy atom. The Labute approximate surface area is 101 Å². The van der Waals surface area contributed by atoms with Crippen molar-refractivity contribution in [1.82, 2.24) is 15.2 Å². The van der Waals surface area contributed by atoms with Gasteiger partial charge in [0.2, 0.25) is 5.91 Å². The molecule has 0 aliphatic carbocycles. The molecule has 1 aromatic rings. The minimum absolute atomic E-state index is 0.203. The summed E-state index contributed by atoms with van der Waals surface area (Å²) in [6, 6.07) is 6.47. The Balaban J connectivity index is 1.87. The summed E-state index contributed by atoms with van der Waals surface area (Å²) >= 11 is 0. The van der Waals surface area contributed by atoms with Crippen molar-refractivity contribution >= 4 is 5.91 Å². The number of hydrogen-bond donors (Lipinski definition) is 1. The van der Waals surface area contributed by atoms with Gasteiger partial charge in [0, 0.05) is 12.7 Å². The van der Waals surface area contributed by atoms with E-state index >= 15 is 0 Å². The van der Waals surface area contributed by atoms with E-state index in [1.54, 1.807) is 0 Å². The lowest BCUT2D eigenvalue weighted by molar-refractivity contribution is -0.138. The number of piperazine rings is 1. The third kappa shape index (κ3) is 1.93. The number of aromatic nitrogens is 1. The highest BCUT2D eigenvalue weighted by atomic mass is 16.2. The van der Waals surface area contributed by atoms with Crippen LogP contribution in [0.15, 0.2) is 24.4 Å². The van der Waals surface area contributed by atoms with Gasteiger partial charge in [0.05, 0.1) is 24.3 Å². The van der Waals surface area contributed by atoms with Gasteiger partial charge in [-0.3, -0.25) is 15.1 Å². The van der Waals surface area contributed by atoms with Gasteiger partial charge in [0.15, 0.2) is 0 Å². The zero-order chi connectivity index (χ0) is 11.7. The van der Waals surface area contributed by atoms with Gasteiger partial charge in [-0.25, -0.2) is 0 Å². The van der Waals surface area contributed by atoms with Gasteiger partial charge in [-0.1, -0.05) is 6.07 Å². The van der Waals surface area contributed by atoms with Crippen molar-refractivity contribution < 1.29 is 4.79 Å². The molecule has 1 amide bonds. The fraction of sp³-hybridized carbons (Fsp3) is 0.538. The number of fused-ring (bicyclic) bond motifs is 1. The molecule has 4 heteroatoms. The normalized spacial score (nSPS) is 28.9. The molecular formula is C13H17N3O. The van der Waals surface area contributed by atoms with Crippen molar-refractivity contribution in [2.75, 3.05) is 13.1 Å². The number of pyridine rings is 1. The smallest absolute Gasteiger partial charge is 0.236 e. The highest BCUT2D eigenvalue weighted by Crippen LogP contribution is 2.30. The molecule has 0 saturated carbocycles. The van der Waals surface area contributed by atoms with E-state index in [1.807, 2.05) is 29.3 Å². The van der Waals surface area contributed by atoms with Gasteiger partial charge in [-0.2, -0.15) is 0 Å². The Morgan fingerprint density at radius 2 is 2.29 bits per heavy atom. The Bertz CT molecular complexity index is 406. The second-order valence-electron chi connectivity index (χ2n) is 4.76. The average Bonchev–Trinajstić information content (AvgIpc) is 2.41. The first-order valence-corrected chi connectivity index (χ1v) is 6.30. The molecule has 1 N–H and O–H groups in total. The van der Waals surface area contributed by atoms with Crippen molar-refractivity contribution in [3.05, 3.63) is 30.1 Å². The molecule has 2 atom stereocenters. The molecule has 1 aromatic heterocycles. The number of nitrogens with zero attached hydrogens (tertiary/aromatic N) is 2. The molecule has 2 aliphatic rings. The number of nitrogens with one attached hydrogen (secondary N) is 1. The highest BCUT2D eigenvalue weighted by molar-refractivity contribution is 5.79. The van der Waals surface area contributed by atoms with E-state index in [4.69, 9.17) is 0 Å². The maximum atomic E-state index is 11.8. The lowest BCUT2D eigenvalue weighted by Crippen LogP contribution is -2.58. The van der Waals surface area contributed by atoms with Crippen molar-refractivity contribution in [2.45, 2.75) is 31.3 Å². The standard InChI is InChI=1S/C13H17N3O/c17-12-9-15-13(10-5-1-3-7-14-10)11-6-2-4-8-16(11)12/h1,3,5,7,11,13,15H,2,4,6,8-9H2. The first kappa shape index (κ1) is 10.7. The molecule has 4 nitrogen and oxygen atoms in total. The van der Waals surface area contributed by atoms with E-state index in [0.29, 0.717) is 12.6 Å². The monoisotopic (exact) mass is 231 g/mol. The van der Waals surface area contributed by atoms with Gasteiger partial charge in [-0.15, -0.1) is 0 Å². The van der Waals surface area contributed by atoms with Crippen molar-refractivity contribution in [3.8, 4) is 0 Å². The summed E-state index contributed by atoms with van der Waals surface area (Å²) in [6.45, 7) is 1.35. The number of piperidine rings is 1. The van der Waals surface area contributed by atoms with Gasteiger partial charge in [-0.05, 0) is 31.4 Å². The lowest BCUT2D eigenvalue weighted by Gasteiger charge is -2.44. The quantitative estimate of drug-likeness (QED) is 0.787. The van der Waals surface area contributed by atoms with Crippen LogP contribution in [0.25, 0.3) is 0 Å². The Kier molecular flexibility index (Phi) is 2.81. The largest absolute Gasteiger partial charge is 0.337 e. The van der Waals surface area contributed by atoms with Crippen LogP contribution in [0, 0.1) is 0 Å². The molecule has 2 saturated heterocycles. The van der Waals surface area contributed by atoms with Crippen molar-refractivity contribution in [3.63, 3.8) is 0 Å². The molecule has 3 rings (SSSR count). The number of carbonyl (C=O) groups excluding carboxylic acids is 1. The maximum Gasteiger partial charge on any atom is 0.236 e. The summed E-state index contributed by atoms with van der Waals surface area (Å²) in [5.74, 6) is 0.238. The molecule has 0 bridgehead atoms.